The number of aromatic nitrogens is 2. The van der Waals surface area contributed by atoms with Crippen LogP contribution >= 0.6 is 0 Å². The normalized spacial score (nSPS) is 10.5. The predicted molar refractivity (Wildman–Crippen MR) is 68.8 cm³/mol. The molecule has 88 valence electrons. The van der Waals surface area contributed by atoms with Crippen LogP contribution in [-0.2, 0) is 0 Å². The molecular formula is C13H16N4. The third-order valence-corrected chi connectivity index (χ3v) is 2.68. The Balaban J connectivity index is 2.69. The molecule has 0 aliphatic heterocycles. The van der Waals surface area contributed by atoms with Crippen LogP contribution in [0.25, 0.3) is 5.69 Å². The van der Waals surface area contributed by atoms with Gasteiger partial charge in [0.25, 0.3) is 0 Å². The molecule has 0 aliphatic rings. The molecule has 2 rings (SSSR count). The first-order valence-electron chi connectivity index (χ1n) is 5.47. The molecule has 2 aromatic rings. The second kappa shape index (κ2) is 4.05. The van der Waals surface area contributed by atoms with Crippen LogP contribution in [0.4, 0.5) is 0 Å². The number of amidine groups is 1. The third kappa shape index (κ3) is 2.06. The molecule has 0 spiro atoms. The molecule has 0 saturated heterocycles. The van der Waals surface area contributed by atoms with Gasteiger partial charge in [-0.1, -0.05) is 6.07 Å². The number of aryl methyl sites for hydroxylation is 3. The molecule has 0 saturated carbocycles. The smallest absolute Gasteiger partial charge is 0.124 e. The van der Waals surface area contributed by atoms with E-state index in [1.165, 1.54) is 0 Å². The number of hydrogen-bond acceptors (Lipinski definition) is 2. The van der Waals surface area contributed by atoms with Crippen molar-refractivity contribution >= 4 is 5.84 Å². The predicted octanol–water partition coefficient (Wildman–Crippen LogP) is 2.08. The van der Waals surface area contributed by atoms with Gasteiger partial charge in [0.15, 0.2) is 0 Å². The van der Waals surface area contributed by atoms with E-state index in [-0.39, 0.29) is 5.84 Å². The lowest BCUT2D eigenvalue weighted by atomic mass is 10.1. The van der Waals surface area contributed by atoms with E-state index in [1.54, 1.807) is 0 Å². The Labute approximate surface area is 101 Å². The summed E-state index contributed by atoms with van der Waals surface area (Å²) < 4.78 is 1.83. The van der Waals surface area contributed by atoms with Crippen molar-refractivity contribution in [2.45, 2.75) is 20.8 Å². The number of nitrogen functional groups attached to an aromatic ring is 1. The second-order valence-electron chi connectivity index (χ2n) is 4.27. The number of hydrogen-bond donors (Lipinski definition) is 2. The summed E-state index contributed by atoms with van der Waals surface area (Å²) >= 11 is 0. The zero-order valence-electron chi connectivity index (χ0n) is 10.3. The highest BCUT2D eigenvalue weighted by Crippen LogP contribution is 2.18. The van der Waals surface area contributed by atoms with Crippen molar-refractivity contribution in [1.82, 2.24) is 9.78 Å². The van der Waals surface area contributed by atoms with Crippen molar-refractivity contribution in [2.75, 3.05) is 0 Å². The van der Waals surface area contributed by atoms with Gasteiger partial charge < -0.3 is 5.73 Å². The second-order valence-corrected chi connectivity index (χ2v) is 4.27. The lowest BCUT2D eigenvalue weighted by Crippen LogP contribution is -2.16. The van der Waals surface area contributed by atoms with Gasteiger partial charge in [-0.2, -0.15) is 5.10 Å². The molecular weight excluding hydrogens is 212 g/mol. The van der Waals surface area contributed by atoms with Crippen LogP contribution in [0.5, 0.6) is 0 Å². The molecule has 3 N–H and O–H groups in total. The summed E-state index contributed by atoms with van der Waals surface area (Å²) in [6.07, 6.45) is 0. The van der Waals surface area contributed by atoms with Gasteiger partial charge in [-0.15, -0.1) is 0 Å². The van der Waals surface area contributed by atoms with Gasteiger partial charge in [-0.05, 0) is 44.5 Å². The molecule has 0 bridgehead atoms. The van der Waals surface area contributed by atoms with E-state index in [0.29, 0.717) is 5.56 Å². The Morgan fingerprint density at radius 1 is 1.24 bits per heavy atom. The molecule has 0 atom stereocenters. The number of rotatable bonds is 2. The average Bonchev–Trinajstić information content (AvgIpc) is 2.57. The third-order valence-electron chi connectivity index (χ3n) is 2.68. The van der Waals surface area contributed by atoms with Gasteiger partial charge in [-0.3, -0.25) is 5.41 Å². The zero-order valence-corrected chi connectivity index (χ0v) is 10.3. The van der Waals surface area contributed by atoms with Crippen molar-refractivity contribution in [3.8, 4) is 5.69 Å². The van der Waals surface area contributed by atoms with Crippen molar-refractivity contribution < 1.29 is 0 Å². The maximum atomic E-state index is 7.61. The van der Waals surface area contributed by atoms with Crippen LogP contribution < -0.4 is 5.73 Å². The Morgan fingerprint density at radius 2 is 1.94 bits per heavy atom. The topological polar surface area (TPSA) is 67.7 Å². The highest BCUT2D eigenvalue weighted by Gasteiger charge is 2.11. The standard InChI is InChI=1S/C13H16N4/c1-8-4-5-11(13(14)15)12(6-8)17-10(3)7-9(2)16-17/h4-7H,1-3H3,(H3,14,15). The van der Waals surface area contributed by atoms with E-state index in [4.69, 9.17) is 11.1 Å². The van der Waals surface area contributed by atoms with Crippen molar-refractivity contribution in [2.24, 2.45) is 5.73 Å². The molecule has 0 aliphatic carbocycles. The minimum Gasteiger partial charge on any atom is -0.384 e. The van der Waals surface area contributed by atoms with Gasteiger partial charge in [-0.25, -0.2) is 4.68 Å². The fraction of sp³-hybridized carbons (Fsp3) is 0.231. The molecule has 0 radical (unpaired) electrons. The van der Waals surface area contributed by atoms with Gasteiger partial charge in [0.1, 0.15) is 5.84 Å². The van der Waals surface area contributed by atoms with Crippen molar-refractivity contribution in [3.63, 3.8) is 0 Å². The van der Waals surface area contributed by atoms with Crippen LogP contribution in [0, 0.1) is 26.2 Å². The largest absolute Gasteiger partial charge is 0.384 e. The fourth-order valence-corrected chi connectivity index (χ4v) is 1.92. The Kier molecular flexibility index (Phi) is 2.71. The Hall–Kier alpha value is -2.10. The Bertz CT molecular complexity index is 581. The van der Waals surface area contributed by atoms with E-state index >= 15 is 0 Å². The Morgan fingerprint density at radius 3 is 2.47 bits per heavy atom. The van der Waals surface area contributed by atoms with Crippen molar-refractivity contribution in [1.29, 1.82) is 5.41 Å². The first-order valence-corrected chi connectivity index (χ1v) is 5.47. The average molecular weight is 228 g/mol. The van der Waals surface area contributed by atoms with Crippen LogP contribution in [0.1, 0.15) is 22.5 Å². The lowest BCUT2D eigenvalue weighted by Gasteiger charge is -2.11. The van der Waals surface area contributed by atoms with Crippen molar-refractivity contribution in [3.05, 3.63) is 46.8 Å². The molecule has 1 heterocycles. The maximum absolute atomic E-state index is 7.61. The summed E-state index contributed by atoms with van der Waals surface area (Å²) in [5.41, 5.74) is 10.3. The van der Waals surface area contributed by atoms with E-state index in [9.17, 15) is 0 Å². The minimum absolute atomic E-state index is 0.0625. The van der Waals surface area contributed by atoms with Gasteiger partial charge in [0.05, 0.1) is 11.4 Å². The van der Waals surface area contributed by atoms with Crippen LogP contribution in [0.3, 0.4) is 0 Å². The monoisotopic (exact) mass is 228 g/mol. The maximum Gasteiger partial charge on any atom is 0.124 e. The molecule has 17 heavy (non-hydrogen) atoms. The van der Waals surface area contributed by atoms with Gasteiger partial charge in [0, 0.05) is 11.3 Å². The number of nitrogens with two attached hydrogens (primary N) is 1. The summed E-state index contributed by atoms with van der Waals surface area (Å²) in [5, 5.41) is 12.0. The molecule has 0 amide bonds. The molecule has 4 nitrogen and oxygen atoms in total. The summed E-state index contributed by atoms with van der Waals surface area (Å²) in [6.45, 7) is 5.96. The highest BCUT2D eigenvalue weighted by atomic mass is 15.3. The fourth-order valence-electron chi connectivity index (χ4n) is 1.92. The summed E-state index contributed by atoms with van der Waals surface area (Å²) in [5.74, 6) is 0.0625. The summed E-state index contributed by atoms with van der Waals surface area (Å²) in [7, 11) is 0. The van der Waals surface area contributed by atoms with E-state index in [0.717, 1.165) is 22.6 Å². The lowest BCUT2D eigenvalue weighted by molar-refractivity contribution is 0.830. The number of benzene rings is 1. The van der Waals surface area contributed by atoms with E-state index in [1.807, 2.05) is 49.7 Å². The summed E-state index contributed by atoms with van der Waals surface area (Å²) in [6, 6.07) is 7.82. The number of nitrogens with zero attached hydrogens (tertiary/aromatic N) is 2. The molecule has 1 aromatic carbocycles. The molecule has 4 heteroatoms. The molecule has 0 fully saturated rings. The van der Waals surface area contributed by atoms with Gasteiger partial charge in [0.2, 0.25) is 0 Å². The summed E-state index contributed by atoms with van der Waals surface area (Å²) in [4.78, 5) is 0. The zero-order chi connectivity index (χ0) is 12.6. The highest BCUT2D eigenvalue weighted by molar-refractivity contribution is 5.98. The first kappa shape index (κ1) is 11.4. The first-order chi connectivity index (χ1) is 7.99. The molecule has 1 aromatic heterocycles. The van der Waals surface area contributed by atoms with E-state index in [2.05, 4.69) is 5.10 Å². The van der Waals surface area contributed by atoms with E-state index < -0.39 is 0 Å². The number of nitrogens with one attached hydrogen (secondary N) is 1. The quantitative estimate of drug-likeness (QED) is 0.610. The van der Waals surface area contributed by atoms with Crippen LogP contribution in [0.15, 0.2) is 24.3 Å². The minimum atomic E-state index is 0.0625. The SMILES string of the molecule is Cc1ccc(C(=N)N)c(-n2nc(C)cc2C)c1. The molecule has 0 unspecified atom stereocenters. The van der Waals surface area contributed by atoms with Crippen LogP contribution in [0.2, 0.25) is 0 Å². The van der Waals surface area contributed by atoms with Crippen LogP contribution in [-0.4, -0.2) is 15.6 Å². The van der Waals surface area contributed by atoms with Gasteiger partial charge >= 0.3 is 0 Å².